The molecule has 222 valence electrons. The topological polar surface area (TPSA) is 151 Å². The van der Waals surface area contributed by atoms with Gasteiger partial charge in [0.1, 0.15) is 12.1 Å². The van der Waals surface area contributed by atoms with Crippen LogP contribution in [0.5, 0.6) is 0 Å². The Hall–Kier alpha value is -3.43. The predicted octanol–water partition coefficient (Wildman–Crippen LogP) is 1.69. The van der Waals surface area contributed by atoms with Gasteiger partial charge in [0, 0.05) is 12.1 Å². The number of amides is 5. The zero-order valence-corrected chi connectivity index (χ0v) is 24.7. The molecule has 5 atom stereocenters. The molecule has 1 aromatic rings. The van der Waals surface area contributed by atoms with E-state index in [9.17, 15) is 24.0 Å². The number of carbonyl (C=O) groups is 5. The van der Waals surface area contributed by atoms with E-state index in [0.29, 0.717) is 25.8 Å². The summed E-state index contributed by atoms with van der Waals surface area (Å²) in [5.41, 5.74) is 6.97. The lowest BCUT2D eigenvalue weighted by atomic mass is 9.93. The summed E-state index contributed by atoms with van der Waals surface area (Å²) in [5.74, 6) is -2.47. The highest BCUT2D eigenvalue weighted by Gasteiger charge is 2.69. The third-order valence-electron chi connectivity index (χ3n) is 9.50. The Morgan fingerprint density at radius 2 is 1.63 bits per heavy atom. The Morgan fingerprint density at radius 1 is 1.02 bits per heavy atom. The monoisotopic (exact) mass is 565 g/mol. The van der Waals surface area contributed by atoms with Gasteiger partial charge in [-0.3, -0.25) is 19.2 Å². The van der Waals surface area contributed by atoms with Gasteiger partial charge in [-0.2, -0.15) is 0 Å². The lowest BCUT2D eigenvalue weighted by Gasteiger charge is -2.35. The van der Waals surface area contributed by atoms with Gasteiger partial charge in [-0.25, -0.2) is 4.79 Å². The summed E-state index contributed by atoms with van der Waals surface area (Å²) in [4.78, 5) is 67.2. The molecule has 2 saturated carbocycles. The minimum atomic E-state index is -1.07. The van der Waals surface area contributed by atoms with Crippen LogP contribution >= 0.6 is 0 Å². The smallest absolute Gasteiger partial charge is 0.315 e. The molecule has 5 rings (SSSR count). The van der Waals surface area contributed by atoms with Gasteiger partial charge in [0.15, 0.2) is 0 Å². The standard InChI is InChI=1S/C31H43N5O5/c1-30(2,3)35-29(41)34-23(19-13-17-8-6-7-9-18(17)14-19)28(40)36-15-20-22(31(20,4)5)24(36)27(39)33-21(12-16-10-11-16)25(37)26(32)38/h6-9,16,19-24H,10-15H2,1-5H3,(H2,32,38)(H,33,39)(H2,34,35,41)/t20-,21?,22-,23+,24+/m1/s1. The lowest BCUT2D eigenvalue weighted by molar-refractivity contribution is -0.144. The molecule has 10 heteroatoms. The number of benzene rings is 1. The van der Waals surface area contributed by atoms with Gasteiger partial charge in [-0.05, 0) is 80.2 Å². The second kappa shape index (κ2) is 10.4. The third kappa shape index (κ3) is 5.97. The summed E-state index contributed by atoms with van der Waals surface area (Å²) in [6.45, 7) is 10.2. The van der Waals surface area contributed by atoms with Crippen molar-refractivity contribution in [3.63, 3.8) is 0 Å². The highest BCUT2D eigenvalue weighted by molar-refractivity contribution is 6.37. The van der Waals surface area contributed by atoms with Crippen LogP contribution in [0.2, 0.25) is 0 Å². The van der Waals surface area contributed by atoms with Crippen LogP contribution in [-0.2, 0) is 32.0 Å². The summed E-state index contributed by atoms with van der Waals surface area (Å²) < 4.78 is 0. The lowest BCUT2D eigenvalue weighted by Crippen LogP contribution is -2.61. The molecule has 3 aliphatic carbocycles. The Bertz CT molecular complexity index is 1240. The normalized spacial score (nSPS) is 25.9. The molecule has 5 amide bonds. The second-order valence-corrected chi connectivity index (χ2v) is 14.1. The van der Waals surface area contributed by atoms with Crippen molar-refractivity contribution in [1.29, 1.82) is 0 Å². The number of primary amides is 1. The average Bonchev–Trinajstić information content (AvgIpc) is 3.63. The van der Waals surface area contributed by atoms with E-state index in [4.69, 9.17) is 5.73 Å². The van der Waals surface area contributed by atoms with Crippen molar-refractivity contribution in [3.05, 3.63) is 35.4 Å². The van der Waals surface area contributed by atoms with Crippen molar-refractivity contribution < 1.29 is 24.0 Å². The van der Waals surface area contributed by atoms with Crippen molar-refractivity contribution in [2.24, 2.45) is 34.8 Å². The minimum absolute atomic E-state index is 0.0819. The van der Waals surface area contributed by atoms with Gasteiger partial charge in [0.25, 0.3) is 5.91 Å². The van der Waals surface area contributed by atoms with E-state index < -0.39 is 47.3 Å². The molecule has 0 bridgehead atoms. The number of nitrogens with two attached hydrogens (primary N) is 1. The Kier molecular flexibility index (Phi) is 7.40. The highest BCUT2D eigenvalue weighted by atomic mass is 16.2. The molecule has 5 N–H and O–H groups in total. The van der Waals surface area contributed by atoms with Gasteiger partial charge in [0.05, 0.1) is 6.04 Å². The van der Waals surface area contributed by atoms with E-state index in [2.05, 4.69) is 29.8 Å². The molecule has 1 saturated heterocycles. The Balaban J connectivity index is 1.39. The summed E-state index contributed by atoms with van der Waals surface area (Å²) in [6, 6.07) is 4.96. The molecule has 0 radical (unpaired) electrons. The van der Waals surface area contributed by atoms with Crippen molar-refractivity contribution >= 4 is 29.5 Å². The molecule has 4 aliphatic rings. The van der Waals surface area contributed by atoms with Crippen LogP contribution in [0.1, 0.15) is 65.0 Å². The van der Waals surface area contributed by atoms with Gasteiger partial charge in [-0.15, -0.1) is 0 Å². The number of nitrogens with zero attached hydrogens (tertiary/aromatic N) is 1. The molecule has 41 heavy (non-hydrogen) atoms. The molecule has 0 aromatic heterocycles. The molecule has 10 nitrogen and oxygen atoms in total. The summed E-state index contributed by atoms with van der Waals surface area (Å²) in [5, 5.41) is 8.66. The van der Waals surface area contributed by atoms with Crippen LogP contribution in [0.25, 0.3) is 0 Å². The zero-order chi connectivity index (χ0) is 29.9. The maximum absolute atomic E-state index is 14.4. The van der Waals surface area contributed by atoms with Crippen LogP contribution in [-0.4, -0.2) is 64.6 Å². The van der Waals surface area contributed by atoms with E-state index in [1.165, 1.54) is 0 Å². The minimum Gasteiger partial charge on any atom is -0.363 e. The van der Waals surface area contributed by atoms with E-state index in [1.54, 1.807) is 4.90 Å². The van der Waals surface area contributed by atoms with Gasteiger partial charge < -0.3 is 26.6 Å². The van der Waals surface area contributed by atoms with E-state index in [0.717, 1.165) is 24.0 Å². The number of likely N-dealkylation sites (tertiary alicyclic amines) is 1. The number of hydrogen-bond donors (Lipinski definition) is 4. The van der Waals surface area contributed by atoms with Crippen molar-refractivity contribution in [2.75, 3.05) is 6.54 Å². The summed E-state index contributed by atoms with van der Waals surface area (Å²) in [7, 11) is 0. The number of hydrogen-bond acceptors (Lipinski definition) is 5. The van der Waals surface area contributed by atoms with Crippen molar-refractivity contribution in [1.82, 2.24) is 20.9 Å². The van der Waals surface area contributed by atoms with Gasteiger partial charge >= 0.3 is 6.03 Å². The number of carbonyl (C=O) groups excluding carboxylic acids is 5. The first-order chi connectivity index (χ1) is 19.2. The fraction of sp³-hybridized carbons (Fsp3) is 0.645. The molecule has 1 aromatic carbocycles. The predicted molar refractivity (Wildman–Crippen MR) is 152 cm³/mol. The van der Waals surface area contributed by atoms with E-state index in [1.807, 2.05) is 45.0 Å². The van der Waals surface area contributed by atoms with Crippen LogP contribution in [0.3, 0.4) is 0 Å². The van der Waals surface area contributed by atoms with Gasteiger partial charge in [-0.1, -0.05) is 51.0 Å². The number of urea groups is 1. The Labute approximate surface area is 241 Å². The SMILES string of the molecule is CC(C)(C)NC(=O)N[C@H](C(=O)N1C[C@@H]2[C@H]([C@H]1C(=O)NC(CC1CC1)C(=O)C(N)=O)C2(C)C)C1Cc2ccccc2C1. The fourth-order valence-corrected chi connectivity index (χ4v) is 7.07. The van der Waals surface area contributed by atoms with Crippen LogP contribution in [0.15, 0.2) is 24.3 Å². The summed E-state index contributed by atoms with van der Waals surface area (Å²) >= 11 is 0. The van der Waals surface area contributed by atoms with E-state index >= 15 is 0 Å². The van der Waals surface area contributed by atoms with Crippen molar-refractivity contribution in [3.8, 4) is 0 Å². The maximum atomic E-state index is 14.4. The first-order valence-electron chi connectivity index (χ1n) is 14.8. The molecule has 1 aliphatic heterocycles. The highest BCUT2D eigenvalue weighted by Crippen LogP contribution is 2.65. The van der Waals surface area contributed by atoms with E-state index in [-0.39, 0.29) is 35.0 Å². The quantitative estimate of drug-likeness (QED) is 0.336. The zero-order valence-electron chi connectivity index (χ0n) is 24.7. The second-order valence-electron chi connectivity index (χ2n) is 14.1. The van der Waals surface area contributed by atoms with Crippen molar-refractivity contribution in [2.45, 2.75) is 90.4 Å². The number of piperidine rings is 1. The Morgan fingerprint density at radius 3 is 2.17 bits per heavy atom. The number of nitrogens with one attached hydrogen (secondary N) is 3. The fourth-order valence-electron chi connectivity index (χ4n) is 7.07. The molecule has 3 fully saturated rings. The molecular formula is C31H43N5O5. The first kappa shape index (κ1) is 29.1. The third-order valence-corrected chi connectivity index (χ3v) is 9.50. The van der Waals surface area contributed by atoms with Crippen LogP contribution in [0.4, 0.5) is 4.79 Å². The number of Topliss-reactive ketones (excluding diaryl/α,β-unsaturated/α-hetero) is 1. The molecule has 1 heterocycles. The average molecular weight is 566 g/mol. The number of rotatable bonds is 9. The number of ketones is 1. The first-order valence-corrected chi connectivity index (χ1v) is 14.8. The molecule has 0 spiro atoms. The number of fused-ring (bicyclic) bond motifs is 2. The van der Waals surface area contributed by atoms with Crippen LogP contribution in [0, 0.1) is 29.1 Å². The molecular weight excluding hydrogens is 522 g/mol. The molecule has 1 unspecified atom stereocenters. The maximum Gasteiger partial charge on any atom is 0.315 e. The largest absolute Gasteiger partial charge is 0.363 e. The van der Waals surface area contributed by atoms with Gasteiger partial charge in [0.2, 0.25) is 17.6 Å². The summed E-state index contributed by atoms with van der Waals surface area (Å²) in [6.07, 6.45) is 3.53. The van der Waals surface area contributed by atoms with Crippen LogP contribution < -0.4 is 21.7 Å².